The molecule has 7 nitrogen and oxygen atoms in total. The third kappa shape index (κ3) is 3.72. The summed E-state index contributed by atoms with van der Waals surface area (Å²) >= 11 is 2.99. The summed E-state index contributed by atoms with van der Waals surface area (Å²) in [5.41, 5.74) is 0.946. The number of hydrogen-bond donors (Lipinski definition) is 0. The van der Waals surface area contributed by atoms with Gasteiger partial charge in [0.05, 0.1) is 22.9 Å². The molecular formula is C13H15N5O2S2. The number of nitrogens with zero attached hydrogens (tertiary/aromatic N) is 5. The lowest BCUT2D eigenvalue weighted by Gasteiger charge is -1.92. The van der Waals surface area contributed by atoms with Crippen LogP contribution in [-0.2, 0) is 12.2 Å². The molecule has 3 aromatic rings. The van der Waals surface area contributed by atoms with E-state index in [9.17, 15) is 0 Å². The van der Waals surface area contributed by atoms with Crippen molar-refractivity contribution < 1.29 is 8.94 Å². The van der Waals surface area contributed by atoms with Crippen molar-refractivity contribution in [3.8, 4) is 0 Å². The van der Waals surface area contributed by atoms with E-state index in [1.54, 1.807) is 11.3 Å². The number of aromatic nitrogens is 5. The summed E-state index contributed by atoms with van der Waals surface area (Å²) in [6.45, 7) is 6.01. The van der Waals surface area contributed by atoms with Crippen molar-refractivity contribution in [3.63, 3.8) is 0 Å². The molecule has 0 N–H and O–H groups in total. The molecule has 0 aliphatic carbocycles. The highest BCUT2D eigenvalue weighted by Crippen LogP contribution is 2.22. The van der Waals surface area contributed by atoms with Crippen molar-refractivity contribution in [2.24, 2.45) is 0 Å². The van der Waals surface area contributed by atoms with Crippen LogP contribution in [0, 0.1) is 6.92 Å². The van der Waals surface area contributed by atoms with E-state index in [0.29, 0.717) is 35.0 Å². The fourth-order valence-corrected chi connectivity index (χ4v) is 2.93. The largest absolute Gasteiger partial charge is 0.416 e. The molecule has 3 heterocycles. The van der Waals surface area contributed by atoms with Gasteiger partial charge >= 0.3 is 0 Å². The fourth-order valence-electron chi connectivity index (χ4n) is 1.70. The number of thiazole rings is 1. The molecule has 0 aliphatic heterocycles. The van der Waals surface area contributed by atoms with Crippen molar-refractivity contribution in [1.82, 2.24) is 25.3 Å². The van der Waals surface area contributed by atoms with Crippen LogP contribution in [0.4, 0.5) is 0 Å². The van der Waals surface area contributed by atoms with E-state index >= 15 is 0 Å². The quantitative estimate of drug-likeness (QED) is 0.633. The predicted molar refractivity (Wildman–Crippen MR) is 81.9 cm³/mol. The van der Waals surface area contributed by atoms with Crippen LogP contribution in [0.15, 0.2) is 19.5 Å². The summed E-state index contributed by atoms with van der Waals surface area (Å²) in [5.74, 6) is 2.58. The Hall–Kier alpha value is -1.74. The van der Waals surface area contributed by atoms with Gasteiger partial charge in [-0.15, -0.1) is 21.5 Å². The van der Waals surface area contributed by atoms with Crippen molar-refractivity contribution in [2.75, 3.05) is 0 Å². The van der Waals surface area contributed by atoms with Crippen LogP contribution in [0.2, 0.25) is 0 Å². The van der Waals surface area contributed by atoms with Crippen molar-refractivity contribution >= 4 is 23.1 Å². The first-order valence-electron chi connectivity index (χ1n) is 6.79. The van der Waals surface area contributed by atoms with Gasteiger partial charge in [0.2, 0.25) is 11.8 Å². The number of rotatable bonds is 6. The van der Waals surface area contributed by atoms with Crippen LogP contribution in [-0.4, -0.2) is 25.3 Å². The van der Waals surface area contributed by atoms with Crippen LogP contribution >= 0.6 is 23.1 Å². The van der Waals surface area contributed by atoms with Gasteiger partial charge in [0, 0.05) is 11.3 Å². The molecule has 0 saturated carbocycles. The van der Waals surface area contributed by atoms with Gasteiger partial charge in [-0.3, -0.25) is 0 Å². The smallest absolute Gasteiger partial charge is 0.277 e. The van der Waals surface area contributed by atoms with Crippen molar-refractivity contribution in [1.29, 1.82) is 0 Å². The Balaban J connectivity index is 1.57. The normalized spacial score (nSPS) is 11.5. The first kappa shape index (κ1) is 15.2. The van der Waals surface area contributed by atoms with Crippen LogP contribution in [0.25, 0.3) is 0 Å². The maximum absolute atomic E-state index is 5.59. The molecule has 9 heteroatoms. The maximum Gasteiger partial charge on any atom is 0.277 e. The Morgan fingerprint density at radius 2 is 2.09 bits per heavy atom. The van der Waals surface area contributed by atoms with Crippen LogP contribution in [0.3, 0.4) is 0 Å². The molecule has 0 amide bonds. The second-order valence-electron chi connectivity index (χ2n) is 4.99. The van der Waals surface area contributed by atoms with Crippen molar-refractivity contribution in [3.05, 3.63) is 33.7 Å². The van der Waals surface area contributed by atoms with E-state index < -0.39 is 0 Å². The molecule has 0 aliphatic rings. The number of aryl methyl sites for hydroxylation is 1. The van der Waals surface area contributed by atoms with E-state index in [1.807, 2.05) is 26.2 Å². The average molecular weight is 337 g/mol. The standard InChI is InChI=1S/C13H15N5O2S2/c1-7(2)12-15-11(20-18-12)6-22-13-17-16-10(19-13)4-9-5-21-8(3)14-9/h5,7H,4,6H2,1-3H3. The minimum absolute atomic E-state index is 0.249. The zero-order valence-corrected chi connectivity index (χ0v) is 14.1. The van der Waals surface area contributed by atoms with E-state index in [-0.39, 0.29) is 5.92 Å². The molecular weight excluding hydrogens is 322 g/mol. The van der Waals surface area contributed by atoms with E-state index in [1.165, 1.54) is 11.8 Å². The van der Waals surface area contributed by atoms with E-state index in [2.05, 4.69) is 25.3 Å². The lowest BCUT2D eigenvalue weighted by Crippen LogP contribution is -1.90. The molecule has 0 atom stereocenters. The minimum atomic E-state index is 0.249. The van der Waals surface area contributed by atoms with Crippen LogP contribution in [0.5, 0.6) is 0 Å². The maximum atomic E-state index is 5.59. The molecule has 0 aromatic carbocycles. The number of thioether (sulfide) groups is 1. The zero-order valence-electron chi connectivity index (χ0n) is 12.4. The van der Waals surface area contributed by atoms with Gasteiger partial charge < -0.3 is 8.94 Å². The van der Waals surface area contributed by atoms with Gasteiger partial charge in [-0.05, 0) is 6.92 Å². The Kier molecular flexibility index (Phi) is 4.53. The zero-order chi connectivity index (χ0) is 15.5. The lowest BCUT2D eigenvalue weighted by atomic mass is 10.2. The van der Waals surface area contributed by atoms with Crippen LogP contribution < -0.4 is 0 Å². The average Bonchev–Trinajstić information content (AvgIpc) is 3.18. The van der Waals surface area contributed by atoms with Gasteiger partial charge in [0.25, 0.3) is 5.22 Å². The lowest BCUT2D eigenvalue weighted by molar-refractivity contribution is 0.381. The molecule has 3 rings (SSSR count). The minimum Gasteiger partial charge on any atom is -0.416 e. The van der Waals surface area contributed by atoms with E-state index in [0.717, 1.165) is 10.7 Å². The summed E-state index contributed by atoms with van der Waals surface area (Å²) in [6.07, 6.45) is 0.552. The molecule has 0 bridgehead atoms. The Morgan fingerprint density at radius 1 is 1.23 bits per heavy atom. The summed E-state index contributed by atoms with van der Waals surface area (Å²) in [6, 6.07) is 0. The Bertz CT molecular complexity index is 749. The number of hydrogen-bond acceptors (Lipinski definition) is 9. The summed E-state index contributed by atoms with van der Waals surface area (Å²) in [7, 11) is 0. The third-order valence-corrected chi connectivity index (χ3v) is 4.39. The van der Waals surface area contributed by atoms with Gasteiger partial charge in [-0.1, -0.05) is 30.8 Å². The molecule has 0 radical (unpaired) electrons. The summed E-state index contributed by atoms with van der Waals surface area (Å²) in [5, 5.41) is 15.5. The highest BCUT2D eigenvalue weighted by molar-refractivity contribution is 7.98. The monoisotopic (exact) mass is 337 g/mol. The van der Waals surface area contributed by atoms with Gasteiger partial charge in [0.15, 0.2) is 5.82 Å². The second kappa shape index (κ2) is 6.57. The molecule has 0 fully saturated rings. The highest BCUT2D eigenvalue weighted by Gasteiger charge is 2.13. The molecule has 116 valence electrons. The first-order chi connectivity index (χ1) is 10.6. The highest BCUT2D eigenvalue weighted by atomic mass is 32.2. The van der Waals surface area contributed by atoms with Gasteiger partial charge in [0.1, 0.15) is 0 Å². The molecule has 0 unspecified atom stereocenters. The fraction of sp³-hybridized carbons (Fsp3) is 0.462. The molecule has 0 saturated heterocycles. The molecule has 3 aromatic heterocycles. The molecule has 22 heavy (non-hydrogen) atoms. The van der Waals surface area contributed by atoms with Gasteiger partial charge in [-0.2, -0.15) is 4.98 Å². The second-order valence-corrected chi connectivity index (χ2v) is 6.97. The predicted octanol–water partition coefficient (Wildman–Crippen LogP) is 3.22. The first-order valence-corrected chi connectivity index (χ1v) is 8.65. The summed E-state index contributed by atoms with van der Waals surface area (Å²) in [4.78, 5) is 8.68. The topological polar surface area (TPSA) is 90.7 Å². The molecule has 0 spiro atoms. The third-order valence-electron chi connectivity index (χ3n) is 2.77. The Labute approximate surface area is 135 Å². The van der Waals surface area contributed by atoms with Crippen LogP contribution in [0.1, 0.15) is 48.1 Å². The van der Waals surface area contributed by atoms with Crippen molar-refractivity contribution in [2.45, 2.75) is 44.1 Å². The van der Waals surface area contributed by atoms with Gasteiger partial charge in [-0.25, -0.2) is 4.98 Å². The SMILES string of the molecule is Cc1nc(Cc2nnc(SCc3nc(C(C)C)no3)o2)cs1. The Morgan fingerprint density at radius 3 is 2.77 bits per heavy atom. The van der Waals surface area contributed by atoms with E-state index in [4.69, 9.17) is 8.94 Å². The summed E-state index contributed by atoms with van der Waals surface area (Å²) < 4.78 is 10.8.